The van der Waals surface area contributed by atoms with Gasteiger partial charge in [0.15, 0.2) is 0 Å². The van der Waals surface area contributed by atoms with E-state index in [0.717, 1.165) is 16.8 Å². The molecule has 1 aromatic heterocycles. The lowest BCUT2D eigenvalue weighted by molar-refractivity contribution is -0.137. The summed E-state index contributed by atoms with van der Waals surface area (Å²) in [6, 6.07) is 4.64. The Bertz CT molecular complexity index is 566. The summed E-state index contributed by atoms with van der Waals surface area (Å²) in [7, 11) is 0. The van der Waals surface area contributed by atoms with Crippen molar-refractivity contribution < 1.29 is 18.3 Å². The first-order valence-corrected chi connectivity index (χ1v) is 5.32. The van der Waals surface area contributed by atoms with Crippen LogP contribution in [-0.4, -0.2) is 14.9 Å². The van der Waals surface area contributed by atoms with E-state index in [1.165, 1.54) is 18.3 Å². The molecule has 0 aliphatic heterocycles. The van der Waals surface area contributed by atoms with Gasteiger partial charge in [0.1, 0.15) is 5.15 Å². The molecule has 0 spiro atoms. The molecule has 3 nitrogen and oxygen atoms in total. The summed E-state index contributed by atoms with van der Waals surface area (Å²) in [5.41, 5.74) is -0.235. The second-order valence-electron chi connectivity index (χ2n) is 3.58. The average Bonchev–Trinajstić information content (AvgIpc) is 2.69. The second-order valence-corrected chi connectivity index (χ2v) is 3.94. The zero-order valence-electron chi connectivity index (χ0n) is 8.95. The molecule has 0 unspecified atom stereocenters. The molecule has 2 rings (SSSR count). The van der Waals surface area contributed by atoms with Gasteiger partial charge in [-0.2, -0.15) is 18.3 Å². The fourth-order valence-corrected chi connectivity index (χ4v) is 1.72. The number of aliphatic hydroxyl groups excluding tert-OH is 1. The molecular weight excluding hydrogens is 269 g/mol. The molecule has 1 heterocycles. The molecule has 2 aromatic rings. The van der Waals surface area contributed by atoms with Gasteiger partial charge in [-0.1, -0.05) is 17.7 Å². The summed E-state index contributed by atoms with van der Waals surface area (Å²) in [5, 5.41) is 12.9. The highest BCUT2D eigenvalue weighted by Gasteiger charge is 2.30. The van der Waals surface area contributed by atoms with E-state index in [0.29, 0.717) is 5.56 Å². The molecule has 0 bridgehead atoms. The maximum Gasteiger partial charge on any atom is 0.416 e. The largest absolute Gasteiger partial charge is 0.416 e. The van der Waals surface area contributed by atoms with Gasteiger partial charge in [-0.25, -0.2) is 4.68 Å². The van der Waals surface area contributed by atoms with E-state index >= 15 is 0 Å². The summed E-state index contributed by atoms with van der Waals surface area (Å²) in [6.07, 6.45) is -3.11. The van der Waals surface area contributed by atoms with Crippen LogP contribution in [0.1, 0.15) is 11.1 Å². The van der Waals surface area contributed by atoms with Crippen molar-refractivity contribution in [2.45, 2.75) is 12.8 Å². The Kier molecular flexibility index (Phi) is 3.32. The van der Waals surface area contributed by atoms with Crippen molar-refractivity contribution in [2.75, 3.05) is 0 Å². The van der Waals surface area contributed by atoms with E-state index in [9.17, 15) is 13.2 Å². The fraction of sp³-hybridized carbons (Fsp3) is 0.182. The molecule has 0 amide bonds. The zero-order chi connectivity index (χ0) is 13.3. The van der Waals surface area contributed by atoms with Crippen LogP contribution in [0.25, 0.3) is 5.69 Å². The van der Waals surface area contributed by atoms with E-state index in [2.05, 4.69) is 5.10 Å². The number of halogens is 4. The summed E-state index contributed by atoms with van der Waals surface area (Å²) in [6.45, 7) is -0.322. The predicted octanol–water partition coefficient (Wildman–Crippen LogP) is 3.04. The monoisotopic (exact) mass is 276 g/mol. The Morgan fingerprint density at radius 2 is 2.06 bits per heavy atom. The number of aromatic nitrogens is 2. The van der Waals surface area contributed by atoms with E-state index in [4.69, 9.17) is 16.7 Å². The lowest BCUT2D eigenvalue weighted by Crippen LogP contribution is -2.06. The molecule has 7 heteroatoms. The van der Waals surface area contributed by atoms with Crippen LogP contribution in [0.15, 0.2) is 30.5 Å². The molecule has 18 heavy (non-hydrogen) atoms. The topological polar surface area (TPSA) is 38.1 Å². The molecule has 0 aliphatic rings. The molecule has 0 fully saturated rings. The van der Waals surface area contributed by atoms with Crippen LogP contribution in [0, 0.1) is 0 Å². The lowest BCUT2D eigenvalue weighted by Gasteiger charge is -2.09. The molecule has 0 atom stereocenters. The third-order valence-corrected chi connectivity index (χ3v) is 2.77. The Hall–Kier alpha value is -1.53. The highest BCUT2D eigenvalue weighted by molar-refractivity contribution is 6.30. The molecule has 0 saturated heterocycles. The Labute approximate surface area is 105 Å². The Morgan fingerprint density at radius 3 is 2.61 bits per heavy atom. The molecular formula is C11H8ClF3N2O. The standard InChI is InChI=1S/C11H8ClF3N2O/c12-10-7(6-18)5-16-17(10)9-3-1-2-8(4-9)11(13,14)15/h1-5,18H,6H2. The molecule has 96 valence electrons. The van der Waals surface area contributed by atoms with Crippen molar-refractivity contribution in [3.8, 4) is 5.69 Å². The lowest BCUT2D eigenvalue weighted by atomic mass is 10.2. The first-order chi connectivity index (χ1) is 8.43. The van der Waals surface area contributed by atoms with Crippen LogP contribution in [-0.2, 0) is 12.8 Å². The van der Waals surface area contributed by atoms with Gasteiger partial charge in [-0.3, -0.25) is 0 Å². The van der Waals surface area contributed by atoms with E-state index in [-0.39, 0.29) is 17.4 Å². The van der Waals surface area contributed by atoms with Gasteiger partial charge >= 0.3 is 6.18 Å². The van der Waals surface area contributed by atoms with Gasteiger partial charge in [-0.15, -0.1) is 0 Å². The van der Waals surface area contributed by atoms with Crippen LogP contribution in [0.5, 0.6) is 0 Å². The van der Waals surface area contributed by atoms with Gasteiger partial charge in [0.25, 0.3) is 0 Å². The SMILES string of the molecule is OCc1cnn(-c2cccc(C(F)(F)F)c2)c1Cl. The number of hydrogen-bond donors (Lipinski definition) is 1. The highest BCUT2D eigenvalue weighted by atomic mass is 35.5. The number of alkyl halides is 3. The van der Waals surface area contributed by atoms with Crippen LogP contribution in [0.4, 0.5) is 13.2 Å². The third kappa shape index (κ3) is 2.34. The zero-order valence-corrected chi connectivity index (χ0v) is 9.70. The summed E-state index contributed by atoms with van der Waals surface area (Å²) in [5.74, 6) is 0. The number of benzene rings is 1. The molecule has 1 N–H and O–H groups in total. The third-order valence-electron chi connectivity index (χ3n) is 2.37. The van der Waals surface area contributed by atoms with Crippen LogP contribution in [0.2, 0.25) is 5.15 Å². The van der Waals surface area contributed by atoms with E-state index in [1.54, 1.807) is 0 Å². The fourth-order valence-electron chi connectivity index (χ4n) is 1.47. The van der Waals surface area contributed by atoms with Crippen molar-refractivity contribution in [1.29, 1.82) is 0 Å². The number of hydrogen-bond acceptors (Lipinski definition) is 2. The van der Waals surface area contributed by atoms with Crippen LogP contribution >= 0.6 is 11.6 Å². The minimum atomic E-state index is -4.42. The van der Waals surface area contributed by atoms with Gasteiger partial charge in [0, 0.05) is 5.56 Å². The summed E-state index contributed by atoms with van der Waals surface area (Å²) in [4.78, 5) is 0. The first-order valence-electron chi connectivity index (χ1n) is 4.94. The van der Waals surface area contributed by atoms with Crippen molar-refractivity contribution in [3.63, 3.8) is 0 Å². The molecule has 1 aromatic carbocycles. The van der Waals surface area contributed by atoms with Crippen molar-refractivity contribution in [1.82, 2.24) is 9.78 Å². The van der Waals surface area contributed by atoms with E-state index < -0.39 is 11.7 Å². The number of nitrogens with zero attached hydrogens (tertiary/aromatic N) is 2. The second kappa shape index (κ2) is 4.62. The van der Waals surface area contributed by atoms with Gasteiger partial charge < -0.3 is 5.11 Å². The summed E-state index contributed by atoms with van der Waals surface area (Å²) < 4.78 is 38.8. The van der Waals surface area contributed by atoms with Crippen LogP contribution < -0.4 is 0 Å². The summed E-state index contributed by atoms with van der Waals surface area (Å²) >= 11 is 5.88. The molecule has 0 saturated carbocycles. The van der Waals surface area contributed by atoms with Crippen molar-refractivity contribution in [3.05, 3.63) is 46.7 Å². The Balaban J connectivity index is 2.48. The average molecular weight is 277 g/mol. The van der Waals surface area contributed by atoms with Gasteiger partial charge in [0.05, 0.1) is 24.1 Å². The van der Waals surface area contributed by atoms with Gasteiger partial charge in [-0.05, 0) is 18.2 Å². The maximum absolute atomic E-state index is 12.6. The van der Waals surface area contributed by atoms with Crippen molar-refractivity contribution >= 4 is 11.6 Å². The minimum Gasteiger partial charge on any atom is -0.392 e. The smallest absolute Gasteiger partial charge is 0.392 e. The minimum absolute atomic E-state index is 0.0943. The van der Waals surface area contributed by atoms with E-state index in [1.807, 2.05) is 0 Å². The Morgan fingerprint density at radius 1 is 1.33 bits per heavy atom. The number of rotatable bonds is 2. The molecule has 0 radical (unpaired) electrons. The normalized spacial score (nSPS) is 11.8. The quantitative estimate of drug-likeness (QED) is 0.915. The van der Waals surface area contributed by atoms with Gasteiger partial charge in [0.2, 0.25) is 0 Å². The maximum atomic E-state index is 12.6. The predicted molar refractivity (Wildman–Crippen MR) is 59.5 cm³/mol. The van der Waals surface area contributed by atoms with Crippen molar-refractivity contribution in [2.24, 2.45) is 0 Å². The first kappa shape index (κ1) is 12.9. The van der Waals surface area contributed by atoms with Crippen LogP contribution in [0.3, 0.4) is 0 Å². The highest BCUT2D eigenvalue weighted by Crippen LogP contribution is 2.31. The molecule has 0 aliphatic carbocycles. The number of aliphatic hydroxyl groups is 1.